The standard InChI is InChI=1S/C15H17ClN3O2S/c1-17-10-11-19(12-17)22(20,21)18-8-6-14(7-9-18)13-2-4-15(16)5-3-13/h2-6,10-12H,7-9H2,1H3/q+1. The number of benzene rings is 1. The molecule has 2 aromatic rings. The van der Waals surface area contributed by atoms with Crippen LogP contribution in [-0.2, 0) is 17.3 Å². The van der Waals surface area contributed by atoms with Gasteiger partial charge in [-0.2, -0.15) is 12.7 Å². The third-order valence-electron chi connectivity index (χ3n) is 3.72. The lowest BCUT2D eigenvalue weighted by atomic mass is 10.0. The average Bonchev–Trinajstić information content (AvgIpc) is 2.96. The van der Waals surface area contributed by atoms with Crippen molar-refractivity contribution in [1.29, 1.82) is 0 Å². The molecule has 7 heteroatoms. The number of hydrogen-bond acceptors (Lipinski definition) is 2. The van der Waals surface area contributed by atoms with Crippen LogP contribution in [0.1, 0.15) is 12.0 Å². The van der Waals surface area contributed by atoms with Gasteiger partial charge in [0.15, 0.2) is 0 Å². The zero-order chi connectivity index (χ0) is 15.7. The summed E-state index contributed by atoms with van der Waals surface area (Å²) in [6.45, 7) is 0.848. The molecule has 0 aliphatic carbocycles. The van der Waals surface area contributed by atoms with Crippen molar-refractivity contribution < 1.29 is 13.0 Å². The highest BCUT2D eigenvalue weighted by Crippen LogP contribution is 2.25. The lowest BCUT2D eigenvalue weighted by molar-refractivity contribution is -0.670. The number of halogens is 1. The van der Waals surface area contributed by atoms with Crippen LogP contribution in [0, 0.1) is 0 Å². The van der Waals surface area contributed by atoms with Gasteiger partial charge in [0.2, 0.25) is 0 Å². The Hall–Kier alpha value is -1.63. The molecule has 22 heavy (non-hydrogen) atoms. The van der Waals surface area contributed by atoms with E-state index in [0.29, 0.717) is 24.5 Å². The van der Waals surface area contributed by atoms with E-state index in [2.05, 4.69) is 0 Å². The summed E-state index contributed by atoms with van der Waals surface area (Å²) in [5.74, 6) is 0. The van der Waals surface area contributed by atoms with Crippen molar-refractivity contribution in [2.24, 2.45) is 7.05 Å². The summed E-state index contributed by atoms with van der Waals surface area (Å²) in [5, 5.41) is 0.699. The highest BCUT2D eigenvalue weighted by Gasteiger charge is 2.30. The molecule has 2 heterocycles. The second-order valence-electron chi connectivity index (χ2n) is 5.26. The minimum atomic E-state index is -3.49. The number of nitrogens with zero attached hydrogens (tertiary/aromatic N) is 3. The van der Waals surface area contributed by atoms with Gasteiger partial charge < -0.3 is 0 Å². The minimum Gasteiger partial charge on any atom is -0.238 e. The van der Waals surface area contributed by atoms with Gasteiger partial charge in [0, 0.05) is 18.1 Å². The summed E-state index contributed by atoms with van der Waals surface area (Å²) >= 11 is 5.89. The predicted molar refractivity (Wildman–Crippen MR) is 85.5 cm³/mol. The fraction of sp³-hybridized carbons (Fsp3) is 0.267. The van der Waals surface area contributed by atoms with E-state index in [1.165, 1.54) is 8.28 Å². The number of hydrogen-bond donors (Lipinski definition) is 0. The fourth-order valence-corrected chi connectivity index (χ4v) is 3.94. The maximum atomic E-state index is 12.5. The van der Waals surface area contributed by atoms with Crippen molar-refractivity contribution in [3.63, 3.8) is 0 Å². The van der Waals surface area contributed by atoms with E-state index in [1.54, 1.807) is 30.3 Å². The third-order valence-corrected chi connectivity index (χ3v) is 5.71. The van der Waals surface area contributed by atoms with Crippen molar-refractivity contribution in [2.75, 3.05) is 13.1 Å². The molecule has 0 N–H and O–H groups in total. The molecule has 0 saturated carbocycles. The van der Waals surface area contributed by atoms with Crippen LogP contribution in [0.15, 0.2) is 49.1 Å². The molecule has 1 aliphatic rings. The van der Waals surface area contributed by atoms with Crippen molar-refractivity contribution >= 4 is 27.4 Å². The first kappa shape index (κ1) is 15.3. The second-order valence-corrected chi connectivity index (χ2v) is 7.53. The molecule has 0 saturated heterocycles. The number of aromatic nitrogens is 2. The van der Waals surface area contributed by atoms with Crippen LogP contribution in [0.2, 0.25) is 5.02 Å². The van der Waals surface area contributed by atoms with Crippen molar-refractivity contribution in [3.8, 4) is 0 Å². The third kappa shape index (κ3) is 2.95. The molecule has 116 valence electrons. The molecule has 5 nitrogen and oxygen atoms in total. The van der Waals surface area contributed by atoms with Gasteiger partial charge in [0.05, 0.1) is 7.05 Å². The Kier molecular flexibility index (Phi) is 4.08. The topological polar surface area (TPSA) is 46.2 Å². The Morgan fingerprint density at radius 3 is 2.50 bits per heavy atom. The van der Waals surface area contributed by atoms with Gasteiger partial charge in [0.1, 0.15) is 12.4 Å². The van der Waals surface area contributed by atoms with Gasteiger partial charge >= 0.3 is 10.2 Å². The Balaban J connectivity index is 1.79. The predicted octanol–water partition coefficient (Wildman–Crippen LogP) is 1.85. The molecule has 0 unspecified atom stereocenters. The van der Waals surface area contributed by atoms with Crippen LogP contribution in [0.25, 0.3) is 5.57 Å². The Morgan fingerprint density at radius 1 is 1.23 bits per heavy atom. The molecule has 1 aromatic heterocycles. The fourth-order valence-electron chi connectivity index (χ4n) is 2.48. The maximum Gasteiger partial charge on any atom is 0.380 e. The zero-order valence-electron chi connectivity index (χ0n) is 12.2. The van der Waals surface area contributed by atoms with Gasteiger partial charge in [-0.15, -0.1) is 3.97 Å². The average molecular weight is 339 g/mol. The van der Waals surface area contributed by atoms with Gasteiger partial charge in [-0.25, -0.2) is 4.57 Å². The molecule has 0 amide bonds. The first-order valence-corrected chi connectivity index (χ1v) is 8.73. The summed E-state index contributed by atoms with van der Waals surface area (Å²) in [4.78, 5) is 0. The van der Waals surface area contributed by atoms with Crippen LogP contribution >= 0.6 is 11.6 Å². The van der Waals surface area contributed by atoms with Crippen LogP contribution < -0.4 is 4.57 Å². The molecular weight excluding hydrogens is 322 g/mol. The van der Waals surface area contributed by atoms with Crippen molar-refractivity contribution in [3.05, 3.63) is 59.6 Å². The van der Waals surface area contributed by atoms with E-state index in [9.17, 15) is 8.42 Å². The van der Waals surface area contributed by atoms with Crippen LogP contribution in [0.4, 0.5) is 0 Å². The molecule has 0 spiro atoms. The summed E-state index contributed by atoms with van der Waals surface area (Å²) in [7, 11) is -1.70. The second kappa shape index (κ2) is 5.87. The van der Waals surface area contributed by atoms with E-state index in [0.717, 1.165) is 11.1 Å². The highest BCUT2D eigenvalue weighted by molar-refractivity contribution is 7.87. The van der Waals surface area contributed by atoms with E-state index in [-0.39, 0.29) is 0 Å². The monoisotopic (exact) mass is 338 g/mol. The van der Waals surface area contributed by atoms with Crippen LogP contribution in [-0.4, -0.2) is 29.8 Å². The van der Waals surface area contributed by atoms with E-state index >= 15 is 0 Å². The molecule has 1 aromatic carbocycles. The number of aryl methyl sites for hydroxylation is 1. The zero-order valence-corrected chi connectivity index (χ0v) is 13.8. The van der Waals surface area contributed by atoms with Crippen LogP contribution in [0.3, 0.4) is 0 Å². The maximum absolute atomic E-state index is 12.5. The summed E-state index contributed by atoms with van der Waals surface area (Å²) < 4.78 is 29.5. The highest BCUT2D eigenvalue weighted by atomic mass is 35.5. The molecule has 0 atom stereocenters. The van der Waals surface area contributed by atoms with Crippen molar-refractivity contribution in [2.45, 2.75) is 6.42 Å². The molecular formula is C15H17ClN3O2S+. The minimum absolute atomic E-state index is 0.377. The number of imidazole rings is 1. The van der Waals surface area contributed by atoms with Crippen molar-refractivity contribution in [1.82, 2.24) is 8.28 Å². The SMILES string of the molecule is C[n+]1ccn(S(=O)(=O)N2CC=C(c3ccc(Cl)cc3)CC2)c1. The summed E-state index contributed by atoms with van der Waals surface area (Å²) in [5.41, 5.74) is 2.25. The first-order chi connectivity index (χ1) is 10.5. The molecule has 1 aliphatic heterocycles. The summed E-state index contributed by atoms with van der Waals surface area (Å²) in [6, 6.07) is 7.62. The first-order valence-electron chi connectivity index (χ1n) is 6.96. The molecule has 0 bridgehead atoms. The lowest BCUT2D eigenvalue weighted by Crippen LogP contribution is -2.38. The smallest absolute Gasteiger partial charge is 0.238 e. The molecule has 0 radical (unpaired) electrons. The van der Waals surface area contributed by atoms with E-state index in [4.69, 9.17) is 11.6 Å². The molecule has 0 fully saturated rings. The Morgan fingerprint density at radius 2 is 1.95 bits per heavy atom. The van der Waals surface area contributed by atoms with E-state index in [1.807, 2.05) is 30.3 Å². The summed E-state index contributed by atoms with van der Waals surface area (Å²) in [6.07, 6.45) is 7.46. The Bertz CT molecular complexity index is 810. The van der Waals surface area contributed by atoms with Gasteiger partial charge in [-0.3, -0.25) is 0 Å². The normalized spacial score (nSPS) is 16.5. The van der Waals surface area contributed by atoms with Gasteiger partial charge in [0.25, 0.3) is 6.33 Å². The lowest BCUT2D eigenvalue weighted by Gasteiger charge is -2.23. The van der Waals surface area contributed by atoms with Crippen LogP contribution in [0.5, 0.6) is 0 Å². The largest absolute Gasteiger partial charge is 0.380 e. The van der Waals surface area contributed by atoms with E-state index < -0.39 is 10.2 Å². The molecule has 3 rings (SSSR count). The number of rotatable bonds is 3. The van der Waals surface area contributed by atoms with Gasteiger partial charge in [-0.1, -0.05) is 29.8 Å². The quantitative estimate of drug-likeness (QED) is 0.802. The van der Waals surface area contributed by atoms with Gasteiger partial charge in [-0.05, 0) is 29.7 Å². The Labute approximate surface area is 135 Å².